The average Bonchev–Trinajstić information content (AvgIpc) is 3.58. The van der Waals surface area contributed by atoms with Crippen LogP contribution in [0.2, 0.25) is 5.02 Å². The molecule has 0 atom stereocenters. The van der Waals surface area contributed by atoms with Gasteiger partial charge in [0.1, 0.15) is 24.0 Å². The minimum absolute atomic E-state index is 0.0905. The van der Waals surface area contributed by atoms with Crippen molar-refractivity contribution in [2.24, 2.45) is 0 Å². The SMILES string of the molecule is Nc1nc(CSc2nnc(COc3ccccc3Cl)n2C2CC2)nc(Nc2ccc(F)cc2)n1. The van der Waals surface area contributed by atoms with Gasteiger partial charge in [-0.05, 0) is 49.2 Å². The highest BCUT2D eigenvalue weighted by atomic mass is 35.5. The number of ether oxygens (including phenoxy) is 1. The Morgan fingerprint density at radius 2 is 1.88 bits per heavy atom. The Hall–Kier alpha value is -3.44. The highest BCUT2D eigenvalue weighted by molar-refractivity contribution is 7.98. The van der Waals surface area contributed by atoms with Crippen molar-refractivity contribution in [3.05, 3.63) is 71.0 Å². The molecule has 3 N–H and O–H groups in total. The number of thioether (sulfide) groups is 1. The molecular formula is C22H20ClFN8OS. The zero-order chi connectivity index (χ0) is 23.5. The van der Waals surface area contributed by atoms with E-state index in [0.717, 1.165) is 23.8 Å². The van der Waals surface area contributed by atoms with Crippen LogP contribution in [0.3, 0.4) is 0 Å². The highest BCUT2D eigenvalue weighted by Gasteiger charge is 2.30. The molecule has 0 saturated heterocycles. The molecule has 1 fully saturated rings. The number of aromatic nitrogens is 6. The first-order valence-electron chi connectivity index (χ1n) is 10.5. The average molecular weight is 499 g/mol. The molecule has 0 amide bonds. The molecule has 5 rings (SSSR count). The number of halogens is 2. The van der Waals surface area contributed by atoms with E-state index in [1.165, 1.54) is 23.9 Å². The second-order valence-electron chi connectivity index (χ2n) is 7.57. The maximum absolute atomic E-state index is 13.1. The van der Waals surface area contributed by atoms with Gasteiger partial charge in [-0.2, -0.15) is 15.0 Å². The van der Waals surface area contributed by atoms with E-state index in [4.69, 9.17) is 22.1 Å². The van der Waals surface area contributed by atoms with E-state index >= 15 is 0 Å². The number of para-hydroxylation sites is 1. The van der Waals surface area contributed by atoms with E-state index in [0.29, 0.717) is 34.1 Å². The zero-order valence-corrected chi connectivity index (χ0v) is 19.4. The number of nitrogens with one attached hydrogen (secondary N) is 1. The number of nitrogens with zero attached hydrogens (tertiary/aromatic N) is 6. The van der Waals surface area contributed by atoms with Gasteiger partial charge < -0.3 is 15.8 Å². The monoisotopic (exact) mass is 498 g/mol. The van der Waals surface area contributed by atoms with Crippen molar-refractivity contribution in [1.82, 2.24) is 29.7 Å². The van der Waals surface area contributed by atoms with Crippen LogP contribution < -0.4 is 15.8 Å². The van der Waals surface area contributed by atoms with Crippen LogP contribution in [-0.2, 0) is 12.4 Å². The van der Waals surface area contributed by atoms with E-state index in [-0.39, 0.29) is 24.3 Å². The van der Waals surface area contributed by atoms with Gasteiger partial charge in [0.2, 0.25) is 11.9 Å². The van der Waals surface area contributed by atoms with Crippen LogP contribution in [0.5, 0.6) is 5.75 Å². The van der Waals surface area contributed by atoms with Crippen molar-refractivity contribution in [3.8, 4) is 5.75 Å². The molecule has 0 unspecified atom stereocenters. The Morgan fingerprint density at radius 3 is 2.65 bits per heavy atom. The third-order valence-corrected chi connectivity index (χ3v) is 6.22. The van der Waals surface area contributed by atoms with Crippen LogP contribution in [0.25, 0.3) is 0 Å². The van der Waals surface area contributed by atoms with Gasteiger partial charge in [-0.15, -0.1) is 10.2 Å². The maximum Gasteiger partial charge on any atom is 0.232 e. The predicted molar refractivity (Wildman–Crippen MR) is 128 cm³/mol. The lowest BCUT2D eigenvalue weighted by atomic mass is 10.3. The molecular weight excluding hydrogens is 479 g/mol. The molecule has 12 heteroatoms. The number of hydrogen-bond acceptors (Lipinski definition) is 9. The number of nitrogen functional groups attached to an aromatic ring is 1. The zero-order valence-electron chi connectivity index (χ0n) is 17.9. The molecule has 2 heterocycles. The fourth-order valence-corrected chi connectivity index (χ4v) is 4.33. The molecule has 0 aliphatic heterocycles. The summed E-state index contributed by atoms with van der Waals surface area (Å²) in [6.45, 7) is 0.262. The van der Waals surface area contributed by atoms with Gasteiger partial charge in [0.05, 0.1) is 10.8 Å². The molecule has 1 aliphatic carbocycles. The van der Waals surface area contributed by atoms with Crippen molar-refractivity contribution >= 4 is 40.9 Å². The summed E-state index contributed by atoms with van der Waals surface area (Å²) >= 11 is 7.65. The van der Waals surface area contributed by atoms with Crippen molar-refractivity contribution < 1.29 is 9.13 Å². The Kier molecular flexibility index (Phi) is 6.45. The topological polar surface area (TPSA) is 117 Å². The Balaban J connectivity index is 1.28. The second kappa shape index (κ2) is 9.82. The van der Waals surface area contributed by atoms with Crippen molar-refractivity contribution in [3.63, 3.8) is 0 Å². The predicted octanol–water partition coefficient (Wildman–Crippen LogP) is 4.79. The summed E-state index contributed by atoms with van der Waals surface area (Å²) in [6.07, 6.45) is 2.13. The van der Waals surface area contributed by atoms with Crippen LogP contribution in [-0.4, -0.2) is 29.7 Å². The summed E-state index contributed by atoms with van der Waals surface area (Å²) in [4.78, 5) is 12.8. The third-order valence-electron chi connectivity index (χ3n) is 4.97. The molecule has 4 aromatic rings. The van der Waals surface area contributed by atoms with Gasteiger partial charge in [-0.3, -0.25) is 4.57 Å². The molecule has 174 valence electrons. The lowest BCUT2D eigenvalue weighted by molar-refractivity contribution is 0.288. The molecule has 9 nitrogen and oxygen atoms in total. The molecule has 0 bridgehead atoms. The van der Waals surface area contributed by atoms with Gasteiger partial charge in [0, 0.05) is 11.7 Å². The summed E-state index contributed by atoms with van der Waals surface area (Å²) in [6, 6.07) is 13.5. The van der Waals surface area contributed by atoms with Crippen molar-refractivity contribution in [2.45, 2.75) is 36.4 Å². The summed E-state index contributed by atoms with van der Waals surface area (Å²) in [7, 11) is 0. The smallest absolute Gasteiger partial charge is 0.232 e. The molecule has 1 aliphatic rings. The summed E-state index contributed by atoms with van der Waals surface area (Å²) in [5.41, 5.74) is 6.51. The van der Waals surface area contributed by atoms with Crippen LogP contribution in [0, 0.1) is 5.82 Å². The van der Waals surface area contributed by atoms with Gasteiger partial charge in [0.15, 0.2) is 11.0 Å². The summed E-state index contributed by atoms with van der Waals surface area (Å²) in [5.74, 6) is 2.29. The van der Waals surface area contributed by atoms with Gasteiger partial charge in [-0.1, -0.05) is 35.5 Å². The molecule has 0 radical (unpaired) electrons. The minimum atomic E-state index is -0.325. The maximum atomic E-state index is 13.1. The standard InChI is InChI=1S/C22H20ClFN8OS/c23-16-3-1-2-4-17(16)33-11-19-30-31-22(32(19)15-9-10-15)34-12-18-27-20(25)29-21(28-18)26-14-7-5-13(24)6-8-14/h1-8,15H,9-12H2,(H3,25,26,27,28,29). The highest BCUT2D eigenvalue weighted by Crippen LogP contribution is 2.39. The van der Waals surface area contributed by atoms with E-state index < -0.39 is 0 Å². The van der Waals surface area contributed by atoms with Gasteiger partial charge >= 0.3 is 0 Å². The van der Waals surface area contributed by atoms with Crippen LogP contribution in [0.1, 0.15) is 30.5 Å². The Bertz CT molecular complexity index is 1300. The van der Waals surface area contributed by atoms with Crippen LogP contribution in [0.4, 0.5) is 22.0 Å². The first kappa shape index (κ1) is 22.4. The van der Waals surface area contributed by atoms with Crippen molar-refractivity contribution in [1.29, 1.82) is 0 Å². The fraction of sp³-hybridized carbons (Fsp3) is 0.227. The molecule has 1 saturated carbocycles. The first-order valence-corrected chi connectivity index (χ1v) is 11.9. The minimum Gasteiger partial charge on any atom is -0.484 e. The first-order chi connectivity index (χ1) is 16.5. The third kappa shape index (κ3) is 5.37. The van der Waals surface area contributed by atoms with Crippen LogP contribution in [0.15, 0.2) is 53.7 Å². The number of hydrogen-bond donors (Lipinski definition) is 2. The van der Waals surface area contributed by atoms with E-state index in [1.54, 1.807) is 18.2 Å². The lowest BCUT2D eigenvalue weighted by Crippen LogP contribution is -2.08. The number of rotatable bonds is 9. The molecule has 0 spiro atoms. The number of anilines is 3. The normalized spacial score (nSPS) is 13.1. The Labute approximate surface area is 204 Å². The summed E-state index contributed by atoms with van der Waals surface area (Å²) < 4.78 is 21.1. The molecule has 2 aromatic heterocycles. The van der Waals surface area contributed by atoms with Gasteiger partial charge in [-0.25, -0.2) is 4.39 Å². The molecule has 34 heavy (non-hydrogen) atoms. The van der Waals surface area contributed by atoms with E-state index in [2.05, 4.69) is 35.0 Å². The molecule has 2 aromatic carbocycles. The van der Waals surface area contributed by atoms with E-state index in [9.17, 15) is 4.39 Å². The van der Waals surface area contributed by atoms with Crippen molar-refractivity contribution in [2.75, 3.05) is 11.1 Å². The van der Waals surface area contributed by atoms with Gasteiger partial charge in [0.25, 0.3) is 0 Å². The Morgan fingerprint density at radius 1 is 1.09 bits per heavy atom. The van der Waals surface area contributed by atoms with Crippen LogP contribution >= 0.6 is 23.4 Å². The lowest BCUT2D eigenvalue weighted by Gasteiger charge is -2.11. The largest absolute Gasteiger partial charge is 0.484 e. The number of benzene rings is 2. The second-order valence-corrected chi connectivity index (χ2v) is 8.92. The summed E-state index contributed by atoms with van der Waals surface area (Å²) in [5, 5.41) is 13.0. The number of nitrogens with two attached hydrogens (primary N) is 1. The quantitative estimate of drug-likeness (QED) is 0.314. The van der Waals surface area contributed by atoms with E-state index in [1.807, 2.05) is 18.2 Å². The fourth-order valence-electron chi connectivity index (χ4n) is 3.26.